The zero-order chi connectivity index (χ0) is 15.9. The Balaban J connectivity index is 2.85. The molecule has 0 aliphatic rings. The minimum absolute atomic E-state index is 0.0152. The summed E-state index contributed by atoms with van der Waals surface area (Å²) >= 11 is 0. The lowest BCUT2D eigenvalue weighted by molar-refractivity contribution is 0.0951. The number of nitrogens with one attached hydrogen (secondary N) is 1. The minimum Gasteiger partial charge on any atom is -0.396 e. The summed E-state index contributed by atoms with van der Waals surface area (Å²) in [6.45, 7) is 4.77. The lowest BCUT2D eigenvalue weighted by Gasteiger charge is -2.18. The van der Waals surface area contributed by atoms with Crippen LogP contribution in [-0.2, 0) is 10.0 Å². The van der Waals surface area contributed by atoms with E-state index in [9.17, 15) is 13.2 Å². The van der Waals surface area contributed by atoms with Gasteiger partial charge in [0.1, 0.15) is 0 Å². The minimum atomic E-state index is -3.50. The molecule has 1 amide bonds. The number of nitrogens with zero attached hydrogens (tertiary/aromatic N) is 1. The van der Waals surface area contributed by atoms with Gasteiger partial charge in [-0.15, -0.1) is 0 Å². The number of carbonyl (C=O) groups is 1. The molecule has 0 saturated carbocycles. The van der Waals surface area contributed by atoms with E-state index >= 15 is 0 Å². The van der Waals surface area contributed by atoms with Crippen LogP contribution in [0.3, 0.4) is 0 Å². The van der Waals surface area contributed by atoms with Crippen LogP contribution in [0, 0.1) is 0 Å². The Morgan fingerprint density at radius 2 is 1.76 bits per heavy atom. The van der Waals surface area contributed by atoms with Crippen molar-refractivity contribution in [1.82, 2.24) is 9.62 Å². The Morgan fingerprint density at radius 1 is 1.19 bits per heavy atom. The summed E-state index contributed by atoms with van der Waals surface area (Å²) in [4.78, 5) is 12.0. The van der Waals surface area contributed by atoms with Crippen LogP contribution in [0.15, 0.2) is 29.2 Å². The van der Waals surface area contributed by atoms with Gasteiger partial charge in [0, 0.05) is 31.8 Å². The van der Waals surface area contributed by atoms with E-state index in [2.05, 4.69) is 5.32 Å². The van der Waals surface area contributed by atoms with Gasteiger partial charge in [0.15, 0.2) is 0 Å². The molecule has 0 aliphatic heterocycles. The summed E-state index contributed by atoms with van der Waals surface area (Å²) in [6.07, 6.45) is 0.486. The number of amides is 1. The molecular weight excluding hydrogens is 292 g/mol. The van der Waals surface area contributed by atoms with Crippen LogP contribution in [0.4, 0.5) is 0 Å². The molecule has 21 heavy (non-hydrogen) atoms. The normalized spacial score (nSPS) is 11.6. The van der Waals surface area contributed by atoms with Crippen molar-refractivity contribution in [3.8, 4) is 0 Å². The van der Waals surface area contributed by atoms with E-state index in [4.69, 9.17) is 5.11 Å². The molecule has 0 unspecified atom stereocenters. The van der Waals surface area contributed by atoms with Crippen molar-refractivity contribution in [1.29, 1.82) is 0 Å². The van der Waals surface area contributed by atoms with E-state index in [1.54, 1.807) is 13.8 Å². The van der Waals surface area contributed by atoms with Gasteiger partial charge < -0.3 is 10.4 Å². The maximum Gasteiger partial charge on any atom is 0.251 e. The summed E-state index contributed by atoms with van der Waals surface area (Å²) in [7, 11) is -3.50. The first-order valence-corrected chi connectivity index (χ1v) is 8.40. The van der Waals surface area contributed by atoms with Gasteiger partial charge in [0.2, 0.25) is 10.0 Å². The third kappa shape index (κ3) is 4.52. The highest BCUT2D eigenvalue weighted by Gasteiger charge is 2.21. The Bertz CT molecular complexity index is 551. The number of rotatable bonds is 8. The Morgan fingerprint density at radius 3 is 2.24 bits per heavy atom. The van der Waals surface area contributed by atoms with E-state index in [-0.39, 0.29) is 17.4 Å². The monoisotopic (exact) mass is 314 g/mol. The van der Waals surface area contributed by atoms with E-state index in [1.807, 2.05) is 0 Å². The van der Waals surface area contributed by atoms with Crippen LogP contribution in [0.1, 0.15) is 30.6 Å². The molecule has 0 heterocycles. The second-order valence-electron chi connectivity index (χ2n) is 4.45. The fourth-order valence-electron chi connectivity index (χ4n) is 1.87. The highest BCUT2D eigenvalue weighted by atomic mass is 32.2. The first-order valence-electron chi connectivity index (χ1n) is 6.96. The molecule has 0 fully saturated rings. The molecule has 0 atom stereocenters. The number of carbonyl (C=O) groups excluding carboxylic acids is 1. The summed E-state index contributed by atoms with van der Waals surface area (Å²) in [5.41, 5.74) is 0.395. The van der Waals surface area contributed by atoms with Crippen LogP contribution in [0.25, 0.3) is 0 Å². The third-order valence-corrected chi connectivity index (χ3v) is 5.14. The number of sulfonamides is 1. The van der Waals surface area contributed by atoms with Gasteiger partial charge in [-0.05, 0) is 30.7 Å². The van der Waals surface area contributed by atoms with Gasteiger partial charge in [-0.2, -0.15) is 4.31 Å². The maximum atomic E-state index is 12.3. The molecule has 0 aliphatic carbocycles. The smallest absolute Gasteiger partial charge is 0.251 e. The molecular formula is C14H22N2O4S. The summed E-state index contributed by atoms with van der Waals surface area (Å²) < 4.78 is 25.9. The average Bonchev–Trinajstić information content (AvgIpc) is 2.48. The zero-order valence-corrected chi connectivity index (χ0v) is 13.2. The molecule has 1 aromatic rings. The highest BCUT2D eigenvalue weighted by molar-refractivity contribution is 7.89. The SMILES string of the molecule is CCN(CC)S(=O)(=O)c1ccc(C(=O)NCCCO)cc1. The number of benzene rings is 1. The number of aliphatic hydroxyl groups is 1. The first-order chi connectivity index (χ1) is 9.97. The highest BCUT2D eigenvalue weighted by Crippen LogP contribution is 2.16. The van der Waals surface area contributed by atoms with Gasteiger partial charge >= 0.3 is 0 Å². The van der Waals surface area contributed by atoms with Crippen LogP contribution < -0.4 is 5.32 Å². The molecule has 2 N–H and O–H groups in total. The quantitative estimate of drug-likeness (QED) is 0.696. The molecule has 0 bridgehead atoms. The van der Waals surface area contributed by atoms with Gasteiger partial charge in [-0.25, -0.2) is 8.42 Å². The molecule has 0 saturated heterocycles. The molecule has 0 spiro atoms. The van der Waals surface area contributed by atoms with Gasteiger partial charge in [-0.1, -0.05) is 13.8 Å². The lowest BCUT2D eigenvalue weighted by Crippen LogP contribution is -2.30. The van der Waals surface area contributed by atoms with Gasteiger partial charge in [-0.3, -0.25) is 4.79 Å². The summed E-state index contributed by atoms with van der Waals surface area (Å²) in [5, 5.41) is 11.3. The first kappa shape index (κ1) is 17.6. The average molecular weight is 314 g/mol. The predicted octanol–water partition coefficient (Wildman–Crippen LogP) is 0.829. The Labute approximate surface area is 125 Å². The Kier molecular flexibility index (Phi) is 6.80. The second-order valence-corrected chi connectivity index (χ2v) is 6.38. The van der Waals surface area contributed by atoms with Gasteiger partial charge in [0.25, 0.3) is 5.91 Å². The van der Waals surface area contributed by atoms with Crippen molar-refractivity contribution in [3.05, 3.63) is 29.8 Å². The van der Waals surface area contributed by atoms with Crippen molar-refractivity contribution in [2.24, 2.45) is 0 Å². The van der Waals surface area contributed by atoms with Crippen LogP contribution in [-0.4, -0.2) is 50.0 Å². The van der Waals surface area contributed by atoms with E-state index in [0.29, 0.717) is 31.6 Å². The molecule has 118 valence electrons. The Hall–Kier alpha value is -1.44. The number of hydrogen-bond acceptors (Lipinski definition) is 4. The van der Waals surface area contributed by atoms with Crippen LogP contribution in [0.2, 0.25) is 0 Å². The van der Waals surface area contributed by atoms with E-state index in [0.717, 1.165) is 0 Å². The second kappa shape index (κ2) is 8.11. The van der Waals surface area contributed by atoms with Crippen molar-refractivity contribution in [2.45, 2.75) is 25.2 Å². The molecule has 1 aromatic carbocycles. The number of aliphatic hydroxyl groups excluding tert-OH is 1. The zero-order valence-electron chi connectivity index (χ0n) is 12.4. The molecule has 6 nitrogen and oxygen atoms in total. The topological polar surface area (TPSA) is 86.7 Å². The van der Waals surface area contributed by atoms with Crippen molar-refractivity contribution in [3.63, 3.8) is 0 Å². The van der Waals surface area contributed by atoms with E-state index in [1.165, 1.54) is 28.6 Å². The van der Waals surface area contributed by atoms with Crippen molar-refractivity contribution in [2.75, 3.05) is 26.2 Å². The summed E-state index contributed by atoms with van der Waals surface area (Å²) in [6, 6.07) is 5.86. The largest absolute Gasteiger partial charge is 0.396 e. The van der Waals surface area contributed by atoms with Gasteiger partial charge in [0.05, 0.1) is 4.90 Å². The van der Waals surface area contributed by atoms with Crippen LogP contribution >= 0.6 is 0 Å². The molecule has 0 radical (unpaired) electrons. The molecule has 7 heteroatoms. The van der Waals surface area contributed by atoms with Crippen molar-refractivity contribution < 1.29 is 18.3 Å². The van der Waals surface area contributed by atoms with Crippen molar-refractivity contribution >= 4 is 15.9 Å². The number of hydrogen-bond donors (Lipinski definition) is 2. The lowest BCUT2D eigenvalue weighted by atomic mass is 10.2. The molecule has 1 rings (SSSR count). The standard InChI is InChI=1S/C14H22N2O4S/c1-3-16(4-2)21(19,20)13-8-6-12(7-9-13)14(18)15-10-5-11-17/h6-9,17H,3-5,10-11H2,1-2H3,(H,15,18). The molecule has 0 aromatic heterocycles. The predicted molar refractivity (Wildman–Crippen MR) is 80.6 cm³/mol. The van der Waals surface area contributed by atoms with E-state index < -0.39 is 10.0 Å². The third-order valence-electron chi connectivity index (χ3n) is 3.08. The fraction of sp³-hybridized carbons (Fsp3) is 0.500. The fourth-order valence-corrected chi connectivity index (χ4v) is 3.33. The summed E-state index contributed by atoms with van der Waals surface area (Å²) in [5.74, 6) is -0.282. The maximum absolute atomic E-state index is 12.3. The van der Waals surface area contributed by atoms with Crippen LogP contribution in [0.5, 0.6) is 0 Å².